The van der Waals surface area contributed by atoms with Crippen LogP contribution in [0.15, 0.2) is 30.5 Å². The molecule has 2 heterocycles. The van der Waals surface area contributed by atoms with Crippen molar-refractivity contribution in [1.82, 2.24) is 15.2 Å². The van der Waals surface area contributed by atoms with Crippen molar-refractivity contribution in [1.29, 1.82) is 0 Å². The maximum Gasteiger partial charge on any atom is 0.303 e. The number of carbonyl (C=O) groups excluding carboxylic acids is 3. The number of ether oxygens (including phenoxy) is 1. The van der Waals surface area contributed by atoms with Crippen LogP contribution in [-0.4, -0.2) is 46.4 Å². The van der Waals surface area contributed by atoms with Gasteiger partial charge in [0.05, 0.1) is 0 Å². The van der Waals surface area contributed by atoms with Gasteiger partial charge in [0, 0.05) is 37.5 Å². The van der Waals surface area contributed by atoms with Gasteiger partial charge in [0.25, 0.3) is 5.91 Å². The van der Waals surface area contributed by atoms with Gasteiger partial charge in [-0.25, -0.2) is 4.98 Å². The Labute approximate surface area is 193 Å². The van der Waals surface area contributed by atoms with E-state index in [0.29, 0.717) is 25.3 Å². The van der Waals surface area contributed by atoms with E-state index in [9.17, 15) is 14.4 Å². The smallest absolute Gasteiger partial charge is 0.303 e. The van der Waals surface area contributed by atoms with E-state index >= 15 is 0 Å². The number of pyridine rings is 1. The molecule has 0 bridgehead atoms. The van der Waals surface area contributed by atoms with Crippen molar-refractivity contribution in [2.75, 3.05) is 12.3 Å². The molecule has 176 valence electrons. The second-order valence-electron chi connectivity index (χ2n) is 9.09. The number of likely N-dealkylation sites (tertiary alicyclic amines) is 1. The van der Waals surface area contributed by atoms with E-state index in [1.807, 2.05) is 24.3 Å². The summed E-state index contributed by atoms with van der Waals surface area (Å²) in [5.41, 5.74) is 6.86. The van der Waals surface area contributed by atoms with Gasteiger partial charge in [-0.15, -0.1) is 0 Å². The first kappa shape index (κ1) is 23.0. The number of nitrogens with two attached hydrogens (primary N) is 1. The van der Waals surface area contributed by atoms with Crippen molar-refractivity contribution in [3.05, 3.63) is 36.0 Å². The molecule has 1 aromatic heterocycles. The molecule has 1 aliphatic heterocycles. The minimum Gasteiger partial charge on any atom is -0.452 e. The molecule has 1 saturated heterocycles. The second kappa shape index (κ2) is 10.2. The summed E-state index contributed by atoms with van der Waals surface area (Å²) in [5.74, 6) is -0.363. The fourth-order valence-electron chi connectivity index (χ4n) is 5.10. The highest BCUT2D eigenvalue weighted by Gasteiger charge is 2.41. The molecule has 1 aliphatic carbocycles. The number of nitrogen functional groups attached to an aromatic ring is 1. The van der Waals surface area contributed by atoms with Crippen molar-refractivity contribution >= 4 is 34.4 Å². The number of amides is 2. The number of aromatic nitrogens is 1. The number of carbonyl (C=O) groups is 3. The van der Waals surface area contributed by atoms with Gasteiger partial charge in [0.1, 0.15) is 11.9 Å². The van der Waals surface area contributed by atoms with E-state index in [2.05, 4.69) is 10.3 Å². The number of esters is 1. The Morgan fingerprint density at radius 3 is 2.70 bits per heavy atom. The van der Waals surface area contributed by atoms with Crippen LogP contribution in [0.5, 0.6) is 0 Å². The molecule has 1 saturated carbocycles. The van der Waals surface area contributed by atoms with Crippen molar-refractivity contribution in [2.45, 2.75) is 70.6 Å². The first-order valence-corrected chi connectivity index (χ1v) is 11.8. The SMILES string of the molecule is CC(=O)O[C@@H](C(=O)N1CCC[C@H]1C(=O)NCc1ccc2c(N)nccc2c1)C1CCCCC1. The summed E-state index contributed by atoms with van der Waals surface area (Å²) < 4.78 is 5.49. The van der Waals surface area contributed by atoms with Crippen molar-refractivity contribution in [2.24, 2.45) is 5.92 Å². The molecule has 1 aromatic carbocycles. The van der Waals surface area contributed by atoms with Crippen molar-refractivity contribution < 1.29 is 19.1 Å². The van der Waals surface area contributed by atoms with Crippen LogP contribution < -0.4 is 11.1 Å². The first-order chi connectivity index (χ1) is 15.9. The van der Waals surface area contributed by atoms with E-state index in [1.54, 1.807) is 11.1 Å². The zero-order valence-electron chi connectivity index (χ0n) is 19.1. The van der Waals surface area contributed by atoms with E-state index < -0.39 is 18.1 Å². The van der Waals surface area contributed by atoms with Crippen molar-refractivity contribution in [3.63, 3.8) is 0 Å². The quantitative estimate of drug-likeness (QED) is 0.652. The average molecular weight is 453 g/mol. The number of hydrogen-bond donors (Lipinski definition) is 2. The maximum atomic E-state index is 13.4. The van der Waals surface area contributed by atoms with Crippen LogP contribution in [0.3, 0.4) is 0 Å². The maximum absolute atomic E-state index is 13.4. The molecule has 0 spiro atoms. The zero-order valence-corrected chi connectivity index (χ0v) is 19.1. The molecule has 8 heteroatoms. The standard InChI is InChI=1S/C25H32N4O4/c1-16(30)33-22(18-6-3-2-4-7-18)25(32)29-13-5-8-21(29)24(31)28-15-17-9-10-20-19(14-17)11-12-27-23(20)26/h9-12,14,18,21-22H,2-8,13,15H2,1H3,(H2,26,27)(H,28,31)/t21-,22+/m0/s1. The number of hydrogen-bond acceptors (Lipinski definition) is 6. The molecule has 0 unspecified atom stereocenters. The number of anilines is 1. The van der Waals surface area contributed by atoms with E-state index in [4.69, 9.17) is 10.5 Å². The Bertz CT molecular complexity index is 1030. The van der Waals surface area contributed by atoms with Gasteiger partial charge >= 0.3 is 5.97 Å². The predicted octanol–water partition coefficient (Wildman–Crippen LogP) is 2.94. The number of nitrogens with zero attached hydrogens (tertiary/aromatic N) is 2. The minimum absolute atomic E-state index is 0.0268. The van der Waals surface area contributed by atoms with Gasteiger partial charge in [0.15, 0.2) is 6.10 Å². The summed E-state index contributed by atoms with van der Waals surface area (Å²) in [4.78, 5) is 43.9. The molecule has 4 rings (SSSR count). The molecule has 3 N–H and O–H groups in total. The van der Waals surface area contributed by atoms with Gasteiger partial charge in [-0.3, -0.25) is 14.4 Å². The summed E-state index contributed by atoms with van der Waals surface area (Å²) in [7, 11) is 0. The lowest BCUT2D eigenvalue weighted by atomic mass is 9.84. The van der Waals surface area contributed by atoms with Crippen LogP contribution in [0, 0.1) is 5.92 Å². The molecule has 2 aromatic rings. The lowest BCUT2D eigenvalue weighted by molar-refractivity contribution is -0.164. The summed E-state index contributed by atoms with van der Waals surface area (Å²) in [5, 5.41) is 4.81. The number of fused-ring (bicyclic) bond motifs is 1. The molecule has 33 heavy (non-hydrogen) atoms. The van der Waals surface area contributed by atoms with Gasteiger partial charge in [0.2, 0.25) is 5.91 Å². The van der Waals surface area contributed by atoms with Crippen LogP contribution in [0.2, 0.25) is 0 Å². The number of benzene rings is 1. The molecule has 0 radical (unpaired) electrons. The molecular formula is C25H32N4O4. The highest BCUT2D eigenvalue weighted by Crippen LogP contribution is 2.31. The monoisotopic (exact) mass is 452 g/mol. The second-order valence-corrected chi connectivity index (χ2v) is 9.09. The van der Waals surface area contributed by atoms with Crippen LogP contribution in [0.1, 0.15) is 57.4 Å². The highest BCUT2D eigenvalue weighted by atomic mass is 16.5. The Morgan fingerprint density at radius 2 is 1.94 bits per heavy atom. The molecule has 2 fully saturated rings. The van der Waals surface area contributed by atoms with Gasteiger partial charge < -0.3 is 20.7 Å². The Hall–Kier alpha value is -3.16. The minimum atomic E-state index is -0.796. The Balaban J connectivity index is 1.42. The fraction of sp³-hybridized carbons (Fsp3) is 0.520. The van der Waals surface area contributed by atoms with E-state index in [0.717, 1.165) is 54.9 Å². The third kappa shape index (κ3) is 5.26. The van der Waals surface area contributed by atoms with Gasteiger partial charge in [-0.2, -0.15) is 0 Å². The summed E-state index contributed by atoms with van der Waals surface area (Å²) in [6.07, 6.45) is 7.18. The van der Waals surface area contributed by atoms with Crippen LogP contribution >= 0.6 is 0 Å². The van der Waals surface area contributed by atoms with Gasteiger partial charge in [-0.05, 0) is 48.8 Å². The topological polar surface area (TPSA) is 115 Å². The molecule has 2 aliphatic rings. The Morgan fingerprint density at radius 1 is 1.15 bits per heavy atom. The summed E-state index contributed by atoms with van der Waals surface area (Å²) in [6, 6.07) is 7.13. The predicted molar refractivity (Wildman–Crippen MR) is 125 cm³/mol. The average Bonchev–Trinajstić information content (AvgIpc) is 3.31. The zero-order chi connectivity index (χ0) is 23.4. The van der Waals surface area contributed by atoms with E-state index in [-0.39, 0.29) is 17.7 Å². The lowest BCUT2D eigenvalue weighted by Crippen LogP contribution is -2.51. The third-order valence-corrected chi connectivity index (χ3v) is 6.78. The summed E-state index contributed by atoms with van der Waals surface area (Å²) >= 11 is 0. The molecular weight excluding hydrogens is 420 g/mol. The first-order valence-electron chi connectivity index (χ1n) is 11.8. The van der Waals surface area contributed by atoms with Crippen LogP contribution in [-0.2, 0) is 25.7 Å². The lowest BCUT2D eigenvalue weighted by Gasteiger charge is -2.33. The highest BCUT2D eigenvalue weighted by molar-refractivity contribution is 5.92. The largest absolute Gasteiger partial charge is 0.452 e. The van der Waals surface area contributed by atoms with Crippen molar-refractivity contribution in [3.8, 4) is 0 Å². The van der Waals surface area contributed by atoms with E-state index in [1.165, 1.54) is 6.92 Å². The van der Waals surface area contributed by atoms with Crippen LogP contribution in [0.25, 0.3) is 10.8 Å². The summed E-state index contributed by atoms with van der Waals surface area (Å²) in [6.45, 7) is 2.19. The van der Waals surface area contributed by atoms with Crippen LogP contribution in [0.4, 0.5) is 5.82 Å². The molecule has 8 nitrogen and oxygen atoms in total. The third-order valence-electron chi connectivity index (χ3n) is 6.78. The normalized spacial score (nSPS) is 19.9. The Kier molecular flexibility index (Phi) is 7.11. The van der Waals surface area contributed by atoms with Gasteiger partial charge in [-0.1, -0.05) is 31.4 Å². The fourth-order valence-corrected chi connectivity index (χ4v) is 5.10. The number of rotatable bonds is 6. The molecule has 2 amide bonds. The number of nitrogens with one attached hydrogen (secondary N) is 1. The molecule has 2 atom stereocenters.